The smallest absolute Gasteiger partial charge is 0.247 e. The molecule has 2 fully saturated rings. The van der Waals surface area contributed by atoms with E-state index in [0.717, 1.165) is 44.2 Å². The Bertz CT molecular complexity index is 1890. The van der Waals surface area contributed by atoms with Gasteiger partial charge in [0.25, 0.3) is 0 Å². The maximum Gasteiger partial charge on any atom is 0.247 e. The van der Waals surface area contributed by atoms with Gasteiger partial charge in [0.2, 0.25) is 29.7 Å². The molecule has 0 radical (unpaired) electrons. The van der Waals surface area contributed by atoms with Crippen molar-refractivity contribution in [2.45, 2.75) is 90.3 Å². The number of piperazine rings is 2. The number of ether oxygens (including phenoxy) is 3. The van der Waals surface area contributed by atoms with Gasteiger partial charge in [0.1, 0.15) is 18.7 Å². The molecule has 360 valence electrons. The summed E-state index contributed by atoms with van der Waals surface area (Å²) in [7, 11) is 0. The molecule has 2 saturated heterocycles. The Morgan fingerprint density at radius 3 is 1.95 bits per heavy atom. The van der Waals surface area contributed by atoms with Crippen LogP contribution in [0.15, 0.2) is 12.4 Å². The lowest BCUT2D eigenvalue weighted by atomic mass is 9.97. The molecular formula is C43H72N16O6. The van der Waals surface area contributed by atoms with Gasteiger partial charge in [-0.25, -0.2) is 9.36 Å². The van der Waals surface area contributed by atoms with Crippen LogP contribution in [-0.4, -0.2) is 189 Å². The third-order valence-corrected chi connectivity index (χ3v) is 11.6. The topological polar surface area (TPSA) is 259 Å². The van der Waals surface area contributed by atoms with E-state index in [1.165, 1.54) is 0 Å². The van der Waals surface area contributed by atoms with Crippen molar-refractivity contribution in [2.24, 2.45) is 17.4 Å². The molecular weight excluding hydrogens is 837 g/mol. The number of terminal acetylenes is 1. The van der Waals surface area contributed by atoms with Gasteiger partial charge in [0.15, 0.2) is 0 Å². The molecule has 22 nitrogen and oxygen atoms in total. The summed E-state index contributed by atoms with van der Waals surface area (Å²) in [5.41, 5.74) is 13.0. The van der Waals surface area contributed by atoms with Gasteiger partial charge in [-0.3, -0.25) is 9.59 Å². The van der Waals surface area contributed by atoms with Crippen molar-refractivity contribution in [1.29, 1.82) is 0 Å². The number of aliphatic hydroxyl groups excluding tert-OH is 1. The van der Waals surface area contributed by atoms with Crippen molar-refractivity contribution >= 4 is 29.7 Å². The maximum atomic E-state index is 14.2. The number of nitrogens with zero attached hydrogens (tertiary/aromatic N) is 13. The van der Waals surface area contributed by atoms with E-state index >= 15 is 0 Å². The fourth-order valence-corrected chi connectivity index (χ4v) is 7.74. The minimum absolute atomic E-state index is 0.0248. The average Bonchev–Trinajstić information content (AvgIpc) is 3.99. The second kappa shape index (κ2) is 27.4. The minimum atomic E-state index is -0.570. The zero-order valence-electron chi connectivity index (χ0n) is 38.7. The highest BCUT2D eigenvalue weighted by Crippen LogP contribution is 2.26. The molecule has 2 aliphatic rings. The lowest BCUT2D eigenvalue weighted by Crippen LogP contribution is -2.52. The quantitative estimate of drug-likeness (QED) is 0.0540. The summed E-state index contributed by atoms with van der Waals surface area (Å²) in [6, 6.07) is -0.991. The number of carbonyl (C=O) groups is 2. The Labute approximate surface area is 383 Å². The second-order valence-electron chi connectivity index (χ2n) is 16.6. The number of amides is 2. The van der Waals surface area contributed by atoms with Crippen LogP contribution < -0.4 is 26.6 Å². The van der Waals surface area contributed by atoms with E-state index in [9.17, 15) is 14.7 Å². The molecule has 4 atom stereocenters. The van der Waals surface area contributed by atoms with Crippen molar-refractivity contribution in [3.8, 4) is 12.3 Å². The van der Waals surface area contributed by atoms with Gasteiger partial charge >= 0.3 is 0 Å². The monoisotopic (exact) mass is 909 g/mol. The highest BCUT2D eigenvalue weighted by molar-refractivity contribution is 5.81. The molecule has 3 aromatic heterocycles. The van der Waals surface area contributed by atoms with E-state index in [1.54, 1.807) is 22.5 Å². The number of aliphatic hydroxyl groups is 1. The lowest BCUT2D eigenvalue weighted by Gasteiger charge is -2.38. The van der Waals surface area contributed by atoms with Crippen LogP contribution in [0.2, 0.25) is 0 Å². The fraction of sp³-hybridized carbons (Fsp3) is 0.744. The molecule has 1 unspecified atom stereocenters. The molecule has 0 saturated carbocycles. The molecule has 5 heterocycles. The van der Waals surface area contributed by atoms with Crippen LogP contribution in [0, 0.1) is 18.3 Å². The normalized spacial score (nSPS) is 16.3. The summed E-state index contributed by atoms with van der Waals surface area (Å²) in [6.45, 7) is 13.8. The van der Waals surface area contributed by atoms with Crippen LogP contribution in [0.1, 0.15) is 82.8 Å². The first-order chi connectivity index (χ1) is 31.6. The van der Waals surface area contributed by atoms with Crippen molar-refractivity contribution < 1.29 is 28.9 Å². The number of aryl methyl sites for hydroxylation is 1. The van der Waals surface area contributed by atoms with E-state index in [1.807, 2.05) is 16.0 Å². The van der Waals surface area contributed by atoms with Gasteiger partial charge in [-0.05, 0) is 64.5 Å². The van der Waals surface area contributed by atoms with E-state index in [4.69, 9.17) is 47.1 Å². The number of aromatic nitrogens is 9. The fourth-order valence-electron chi connectivity index (χ4n) is 7.74. The Kier molecular flexibility index (Phi) is 21.5. The van der Waals surface area contributed by atoms with E-state index in [0.29, 0.717) is 141 Å². The standard InChI is InChI=1S/C43H72N16O6/c1-5-24-63-26-28-65-29-27-64-25-15-46-41-47-42(56-20-16-54(17-21-56)39(61)37(12-8-10-14-45)58-32-36(51-52-58)30-34(4)60)49-43(48-41)57-22-18-55(19-23-57)40(62)38(33(3)6-2)59-31-35(50-53-59)11-7-9-13-44/h1,31-34,37-38,60H,6-30,44-45H2,2-4H3,(H,46,47,48,49)/t33-,34?,37-,38-/m0/s1. The number of hydrogen-bond acceptors (Lipinski definition) is 18. The summed E-state index contributed by atoms with van der Waals surface area (Å²) in [4.78, 5) is 50.8. The Balaban J connectivity index is 1.24. The van der Waals surface area contributed by atoms with Gasteiger partial charge in [0, 0.05) is 77.7 Å². The highest BCUT2D eigenvalue weighted by Gasteiger charge is 2.35. The Morgan fingerprint density at radius 2 is 1.34 bits per heavy atom. The van der Waals surface area contributed by atoms with Crippen molar-refractivity contribution in [2.75, 3.05) is 127 Å². The number of rotatable bonds is 29. The van der Waals surface area contributed by atoms with Crippen LogP contribution in [0.5, 0.6) is 0 Å². The average molecular weight is 909 g/mol. The number of anilines is 3. The number of nitrogens with one attached hydrogen (secondary N) is 1. The lowest BCUT2D eigenvalue weighted by molar-refractivity contribution is -0.137. The van der Waals surface area contributed by atoms with Gasteiger partial charge in [-0.2, -0.15) is 15.0 Å². The Hall–Kier alpha value is -5.05. The molecule has 0 spiro atoms. The van der Waals surface area contributed by atoms with Crippen molar-refractivity contribution in [3.63, 3.8) is 0 Å². The van der Waals surface area contributed by atoms with E-state index < -0.39 is 18.2 Å². The summed E-state index contributed by atoms with van der Waals surface area (Å²) in [5.74, 6) is 3.87. The minimum Gasteiger partial charge on any atom is -0.393 e. The molecule has 2 amide bonds. The van der Waals surface area contributed by atoms with Crippen LogP contribution >= 0.6 is 0 Å². The Morgan fingerprint density at radius 1 is 0.769 bits per heavy atom. The predicted molar refractivity (Wildman–Crippen MR) is 245 cm³/mol. The van der Waals surface area contributed by atoms with Gasteiger partial charge in [-0.1, -0.05) is 36.6 Å². The molecule has 0 aromatic carbocycles. The van der Waals surface area contributed by atoms with Crippen LogP contribution in [0.3, 0.4) is 0 Å². The van der Waals surface area contributed by atoms with Crippen molar-refractivity contribution in [1.82, 2.24) is 54.7 Å². The second-order valence-corrected chi connectivity index (χ2v) is 16.6. The molecule has 0 bridgehead atoms. The maximum absolute atomic E-state index is 14.2. The van der Waals surface area contributed by atoms with E-state index in [2.05, 4.69) is 55.5 Å². The highest BCUT2D eigenvalue weighted by atomic mass is 16.5. The number of hydrogen-bond donors (Lipinski definition) is 4. The molecule has 6 N–H and O–H groups in total. The summed E-state index contributed by atoms with van der Waals surface area (Å²) >= 11 is 0. The van der Waals surface area contributed by atoms with E-state index in [-0.39, 0.29) is 24.3 Å². The van der Waals surface area contributed by atoms with Crippen LogP contribution in [0.25, 0.3) is 0 Å². The van der Waals surface area contributed by atoms with Gasteiger partial charge < -0.3 is 55.7 Å². The number of unbranched alkanes of at least 4 members (excludes halogenated alkanes) is 2. The largest absolute Gasteiger partial charge is 0.393 e. The van der Waals surface area contributed by atoms with Gasteiger partial charge in [-0.15, -0.1) is 16.6 Å². The first kappa shape index (κ1) is 50.9. The number of carbonyl (C=O) groups excluding carboxylic acids is 2. The van der Waals surface area contributed by atoms with Crippen LogP contribution in [-0.2, 0) is 36.6 Å². The molecule has 0 aliphatic carbocycles. The van der Waals surface area contributed by atoms with Crippen molar-refractivity contribution in [3.05, 3.63) is 23.8 Å². The molecule has 65 heavy (non-hydrogen) atoms. The SMILES string of the molecule is C#CCOCCOCCOCCNc1nc(N2CCN(C(=O)[C@H]([C@@H](C)CC)n3cc(CCCCN)nn3)CC2)nc(N2CCN(C(=O)[C@H](CCCCN)n3cc(CC(C)O)nn3)CC2)n1. The van der Waals surface area contributed by atoms with Gasteiger partial charge in [0.05, 0.1) is 50.5 Å². The third-order valence-electron chi connectivity index (χ3n) is 11.6. The summed E-state index contributed by atoms with van der Waals surface area (Å²) in [5, 5.41) is 30.5. The first-order valence-corrected chi connectivity index (χ1v) is 23.3. The summed E-state index contributed by atoms with van der Waals surface area (Å²) < 4.78 is 19.9. The third kappa shape index (κ3) is 15.8. The molecule has 5 rings (SSSR count). The predicted octanol–water partition coefficient (Wildman–Crippen LogP) is 0.309. The molecule has 22 heteroatoms. The molecule has 3 aromatic rings. The first-order valence-electron chi connectivity index (χ1n) is 23.3. The zero-order valence-corrected chi connectivity index (χ0v) is 38.7. The number of nitrogens with two attached hydrogens (primary N) is 2. The summed E-state index contributed by atoms with van der Waals surface area (Å²) in [6.07, 6.45) is 14.2. The van der Waals surface area contributed by atoms with Crippen LogP contribution in [0.4, 0.5) is 17.8 Å². The molecule has 2 aliphatic heterocycles. The zero-order chi connectivity index (χ0) is 46.4.